The van der Waals surface area contributed by atoms with Gasteiger partial charge in [-0.2, -0.15) is 0 Å². The summed E-state index contributed by atoms with van der Waals surface area (Å²) in [5, 5.41) is 0. The molecular weight excluding hydrogens is 336 g/mol. The van der Waals surface area contributed by atoms with Crippen LogP contribution in [0.1, 0.15) is 29.8 Å². The molecule has 7 nitrogen and oxygen atoms in total. The number of rotatable bonds is 7. The lowest BCUT2D eigenvalue weighted by Gasteiger charge is -2.09. The molecule has 0 aliphatic carbocycles. The van der Waals surface area contributed by atoms with E-state index in [0.717, 1.165) is 17.1 Å². The SMILES string of the molecule is CCOC(=O)NNC(=O)c1ccc(COc2ccc(OCC)cc2)cc1. The molecule has 2 amide bonds. The molecule has 2 aromatic rings. The van der Waals surface area contributed by atoms with Crippen molar-refractivity contribution >= 4 is 12.0 Å². The summed E-state index contributed by atoms with van der Waals surface area (Å²) in [7, 11) is 0. The van der Waals surface area contributed by atoms with Gasteiger partial charge in [0.05, 0.1) is 13.2 Å². The fraction of sp³-hybridized carbons (Fsp3) is 0.263. The van der Waals surface area contributed by atoms with Crippen molar-refractivity contribution in [3.05, 3.63) is 59.7 Å². The molecule has 0 atom stereocenters. The number of benzene rings is 2. The predicted octanol–water partition coefficient (Wildman–Crippen LogP) is 3.06. The van der Waals surface area contributed by atoms with E-state index < -0.39 is 12.0 Å². The molecule has 0 aliphatic heterocycles. The standard InChI is InChI=1S/C19H22N2O5/c1-3-24-16-9-11-17(12-10-16)26-13-14-5-7-15(8-6-14)18(22)20-21-19(23)25-4-2/h5-12H,3-4,13H2,1-2H3,(H,20,22)(H,21,23). The Labute approximate surface area is 152 Å². The fourth-order valence-electron chi connectivity index (χ4n) is 2.06. The minimum atomic E-state index is -0.707. The van der Waals surface area contributed by atoms with Crippen molar-refractivity contribution < 1.29 is 23.8 Å². The fourth-order valence-corrected chi connectivity index (χ4v) is 2.06. The molecular formula is C19H22N2O5. The van der Waals surface area contributed by atoms with Crippen LogP contribution in [-0.4, -0.2) is 25.2 Å². The summed E-state index contributed by atoms with van der Waals surface area (Å²) >= 11 is 0. The number of hydrogen-bond donors (Lipinski definition) is 2. The summed E-state index contributed by atoms with van der Waals surface area (Å²) in [5.41, 5.74) is 5.75. The molecule has 0 unspecified atom stereocenters. The van der Waals surface area contributed by atoms with E-state index >= 15 is 0 Å². The summed E-state index contributed by atoms with van der Waals surface area (Å²) in [5.74, 6) is 1.09. The quantitative estimate of drug-likeness (QED) is 0.743. The summed E-state index contributed by atoms with van der Waals surface area (Å²) in [6.45, 7) is 4.83. The van der Waals surface area contributed by atoms with Gasteiger partial charge in [0.15, 0.2) is 0 Å². The van der Waals surface area contributed by atoms with Gasteiger partial charge in [0.2, 0.25) is 0 Å². The largest absolute Gasteiger partial charge is 0.494 e. The highest BCUT2D eigenvalue weighted by Crippen LogP contribution is 2.18. The molecule has 0 saturated heterocycles. The number of carbonyl (C=O) groups excluding carboxylic acids is 2. The number of nitrogens with one attached hydrogen (secondary N) is 2. The maximum Gasteiger partial charge on any atom is 0.426 e. The molecule has 2 N–H and O–H groups in total. The number of ether oxygens (including phenoxy) is 3. The van der Waals surface area contributed by atoms with E-state index in [0.29, 0.717) is 18.8 Å². The minimum Gasteiger partial charge on any atom is -0.494 e. The molecule has 0 saturated carbocycles. The maximum absolute atomic E-state index is 11.9. The van der Waals surface area contributed by atoms with Crippen molar-refractivity contribution in [3.63, 3.8) is 0 Å². The Bertz CT molecular complexity index is 714. The third kappa shape index (κ3) is 6.01. The van der Waals surface area contributed by atoms with E-state index in [-0.39, 0.29) is 6.61 Å². The molecule has 0 spiro atoms. The van der Waals surface area contributed by atoms with Gasteiger partial charge in [-0.25, -0.2) is 10.2 Å². The van der Waals surface area contributed by atoms with Crippen molar-refractivity contribution in [1.82, 2.24) is 10.9 Å². The lowest BCUT2D eigenvalue weighted by molar-refractivity contribution is 0.0912. The topological polar surface area (TPSA) is 85.9 Å². The molecule has 7 heteroatoms. The van der Waals surface area contributed by atoms with Crippen LogP contribution < -0.4 is 20.3 Å². The zero-order valence-corrected chi connectivity index (χ0v) is 14.8. The zero-order valence-electron chi connectivity index (χ0n) is 14.8. The molecule has 0 radical (unpaired) electrons. The lowest BCUT2D eigenvalue weighted by Crippen LogP contribution is -2.41. The van der Waals surface area contributed by atoms with Crippen molar-refractivity contribution in [2.24, 2.45) is 0 Å². The molecule has 0 heterocycles. The van der Waals surface area contributed by atoms with Crippen LogP contribution in [-0.2, 0) is 11.3 Å². The zero-order chi connectivity index (χ0) is 18.8. The first-order valence-electron chi connectivity index (χ1n) is 8.30. The second-order valence-corrected chi connectivity index (χ2v) is 5.19. The minimum absolute atomic E-state index is 0.227. The lowest BCUT2D eigenvalue weighted by atomic mass is 10.1. The van der Waals surface area contributed by atoms with Gasteiger partial charge in [-0.15, -0.1) is 0 Å². The summed E-state index contributed by atoms with van der Waals surface area (Å²) in [6, 6.07) is 14.3. The van der Waals surface area contributed by atoms with E-state index in [1.54, 1.807) is 31.2 Å². The van der Waals surface area contributed by atoms with Crippen molar-refractivity contribution in [2.45, 2.75) is 20.5 Å². The van der Waals surface area contributed by atoms with Gasteiger partial charge in [-0.05, 0) is 55.8 Å². The van der Waals surface area contributed by atoms with Crippen molar-refractivity contribution in [2.75, 3.05) is 13.2 Å². The molecule has 0 aliphatic rings. The third-order valence-corrected chi connectivity index (χ3v) is 3.31. The van der Waals surface area contributed by atoms with E-state index in [4.69, 9.17) is 9.47 Å². The van der Waals surface area contributed by atoms with Crippen LogP contribution in [0.25, 0.3) is 0 Å². The summed E-state index contributed by atoms with van der Waals surface area (Å²) in [6.07, 6.45) is -0.707. The maximum atomic E-state index is 11.9. The first kappa shape index (κ1) is 19.1. The van der Waals surface area contributed by atoms with Gasteiger partial charge in [0.25, 0.3) is 5.91 Å². The summed E-state index contributed by atoms with van der Waals surface area (Å²) in [4.78, 5) is 23.0. The molecule has 0 bridgehead atoms. The van der Waals surface area contributed by atoms with Crippen molar-refractivity contribution in [3.8, 4) is 11.5 Å². The van der Waals surface area contributed by atoms with Crippen LogP contribution in [0.4, 0.5) is 4.79 Å². The number of hydrogen-bond acceptors (Lipinski definition) is 5. The Balaban J connectivity index is 1.83. The molecule has 2 aromatic carbocycles. The van der Waals surface area contributed by atoms with Crippen LogP contribution in [0.2, 0.25) is 0 Å². The van der Waals surface area contributed by atoms with Gasteiger partial charge in [0.1, 0.15) is 18.1 Å². The Kier molecular flexibility index (Phi) is 7.30. The highest BCUT2D eigenvalue weighted by atomic mass is 16.6. The normalized spacial score (nSPS) is 9.92. The number of hydrazine groups is 1. The first-order valence-corrected chi connectivity index (χ1v) is 8.30. The molecule has 138 valence electrons. The van der Waals surface area contributed by atoms with Crippen LogP contribution in [0.5, 0.6) is 11.5 Å². The molecule has 26 heavy (non-hydrogen) atoms. The van der Waals surface area contributed by atoms with Crippen LogP contribution in [0, 0.1) is 0 Å². The molecule has 2 rings (SSSR count). The summed E-state index contributed by atoms with van der Waals surface area (Å²) < 4.78 is 15.7. The number of carbonyl (C=O) groups is 2. The van der Waals surface area contributed by atoms with Crippen LogP contribution in [0.15, 0.2) is 48.5 Å². The highest BCUT2D eigenvalue weighted by Gasteiger charge is 2.07. The van der Waals surface area contributed by atoms with Crippen LogP contribution in [0.3, 0.4) is 0 Å². The third-order valence-electron chi connectivity index (χ3n) is 3.31. The monoisotopic (exact) mass is 358 g/mol. The average molecular weight is 358 g/mol. The Morgan fingerprint density at radius 1 is 0.808 bits per heavy atom. The molecule has 0 aromatic heterocycles. The average Bonchev–Trinajstić information content (AvgIpc) is 2.66. The first-order chi connectivity index (χ1) is 12.6. The Morgan fingerprint density at radius 2 is 1.42 bits per heavy atom. The van der Waals surface area contributed by atoms with E-state index in [2.05, 4.69) is 15.6 Å². The van der Waals surface area contributed by atoms with Gasteiger partial charge in [-0.3, -0.25) is 10.2 Å². The van der Waals surface area contributed by atoms with Crippen LogP contribution >= 0.6 is 0 Å². The van der Waals surface area contributed by atoms with E-state index in [1.165, 1.54) is 0 Å². The van der Waals surface area contributed by atoms with Gasteiger partial charge < -0.3 is 14.2 Å². The Hall–Kier alpha value is -3.22. The predicted molar refractivity (Wildman–Crippen MR) is 96.0 cm³/mol. The van der Waals surface area contributed by atoms with Gasteiger partial charge >= 0.3 is 6.09 Å². The smallest absolute Gasteiger partial charge is 0.426 e. The second kappa shape index (κ2) is 9.93. The Morgan fingerprint density at radius 3 is 2.00 bits per heavy atom. The van der Waals surface area contributed by atoms with Crippen molar-refractivity contribution in [1.29, 1.82) is 0 Å². The second-order valence-electron chi connectivity index (χ2n) is 5.19. The molecule has 0 fully saturated rings. The van der Waals surface area contributed by atoms with Gasteiger partial charge in [-0.1, -0.05) is 12.1 Å². The van der Waals surface area contributed by atoms with Gasteiger partial charge in [0, 0.05) is 5.56 Å². The van der Waals surface area contributed by atoms with E-state index in [1.807, 2.05) is 31.2 Å². The van der Waals surface area contributed by atoms with E-state index in [9.17, 15) is 9.59 Å². The highest BCUT2D eigenvalue weighted by molar-refractivity contribution is 5.94. The number of amides is 2.